The lowest BCUT2D eigenvalue weighted by Crippen LogP contribution is -2.47. The van der Waals surface area contributed by atoms with E-state index < -0.39 is 5.79 Å². The van der Waals surface area contributed by atoms with Crippen molar-refractivity contribution in [3.8, 4) is 11.5 Å². The molecule has 0 aliphatic carbocycles. The predicted octanol–water partition coefficient (Wildman–Crippen LogP) is 6.04. The summed E-state index contributed by atoms with van der Waals surface area (Å²) in [6.07, 6.45) is 0. The first-order valence-corrected chi connectivity index (χ1v) is 8.76. The summed E-state index contributed by atoms with van der Waals surface area (Å²) in [4.78, 5) is 0. The SMILES string of the molecule is Cc1c2c(c3ccsc3c1C(C)(C)C)OC(C)(C(C)(C)C)O2. The summed E-state index contributed by atoms with van der Waals surface area (Å²) >= 11 is 1.79. The normalized spacial score (nSPS) is 21.6. The highest BCUT2D eigenvalue weighted by Gasteiger charge is 2.49. The van der Waals surface area contributed by atoms with Crippen molar-refractivity contribution in [2.75, 3.05) is 0 Å². The average molecular weight is 318 g/mol. The van der Waals surface area contributed by atoms with Crippen LogP contribution in [0, 0.1) is 12.3 Å². The standard InChI is InChI=1S/C19H26O2S/c1-11-13(17(2,3)4)16-12(9-10-22-16)15-14(11)20-19(8,21-15)18(5,6)7/h9-10H,1-8H3. The molecule has 0 saturated heterocycles. The van der Waals surface area contributed by atoms with Crippen molar-refractivity contribution in [3.63, 3.8) is 0 Å². The molecule has 0 saturated carbocycles. The molecule has 0 amide bonds. The molecule has 2 heterocycles. The van der Waals surface area contributed by atoms with Gasteiger partial charge in [0.25, 0.3) is 5.79 Å². The van der Waals surface area contributed by atoms with E-state index in [9.17, 15) is 0 Å². The highest BCUT2D eigenvalue weighted by atomic mass is 32.1. The van der Waals surface area contributed by atoms with Crippen molar-refractivity contribution >= 4 is 21.4 Å². The Morgan fingerprint density at radius 3 is 2.14 bits per heavy atom. The number of benzene rings is 1. The lowest BCUT2D eigenvalue weighted by molar-refractivity contribution is -0.142. The van der Waals surface area contributed by atoms with Crippen LogP contribution in [0.2, 0.25) is 0 Å². The van der Waals surface area contributed by atoms with Crippen LogP contribution in [0.4, 0.5) is 0 Å². The summed E-state index contributed by atoms with van der Waals surface area (Å²) in [6.45, 7) is 17.5. The second kappa shape index (κ2) is 4.41. The first kappa shape index (κ1) is 15.7. The molecule has 1 aliphatic rings. The Kier molecular flexibility index (Phi) is 3.14. The third-order valence-electron chi connectivity index (χ3n) is 4.76. The van der Waals surface area contributed by atoms with Crippen molar-refractivity contribution in [3.05, 3.63) is 22.6 Å². The Morgan fingerprint density at radius 2 is 1.59 bits per heavy atom. The molecule has 2 aromatic rings. The van der Waals surface area contributed by atoms with E-state index in [-0.39, 0.29) is 10.8 Å². The van der Waals surface area contributed by atoms with E-state index >= 15 is 0 Å². The zero-order chi connectivity index (χ0) is 16.5. The van der Waals surface area contributed by atoms with Gasteiger partial charge in [-0.05, 0) is 29.3 Å². The van der Waals surface area contributed by atoms with Crippen molar-refractivity contribution in [2.45, 2.75) is 66.6 Å². The van der Waals surface area contributed by atoms with Crippen LogP contribution in [0.3, 0.4) is 0 Å². The number of thiophene rings is 1. The van der Waals surface area contributed by atoms with Crippen molar-refractivity contribution in [1.82, 2.24) is 0 Å². The Balaban J connectivity index is 2.31. The molecular formula is C19H26O2S. The number of rotatable bonds is 0. The number of ether oxygens (including phenoxy) is 2. The van der Waals surface area contributed by atoms with E-state index in [0.717, 1.165) is 11.5 Å². The Hall–Kier alpha value is -1.22. The van der Waals surface area contributed by atoms with Gasteiger partial charge in [-0.25, -0.2) is 0 Å². The molecule has 0 fully saturated rings. The zero-order valence-corrected chi connectivity index (χ0v) is 15.7. The van der Waals surface area contributed by atoms with Crippen molar-refractivity contribution in [1.29, 1.82) is 0 Å². The third kappa shape index (κ3) is 2.05. The van der Waals surface area contributed by atoms with Gasteiger partial charge in [0.05, 0.1) is 0 Å². The summed E-state index contributed by atoms with van der Waals surface area (Å²) in [5.74, 6) is 1.21. The Bertz CT molecular complexity index is 743. The van der Waals surface area contributed by atoms with Gasteiger partial charge in [-0.3, -0.25) is 0 Å². The molecule has 0 spiro atoms. The van der Waals surface area contributed by atoms with Gasteiger partial charge >= 0.3 is 0 Å². The molecular weight excluding hydrogens is 292 g/mol. The van der Waals surface area contributed by atoms with E-state index in [4.69, 9.17) is 9.47 Å². The third-order valence-corrected chi connectivity index (χ3v) is 5.70. The highest BCUT2D eigenvalue weighted by Crippen LogP contribution is 2.55. The predicted molar refractivity (Wildman–Crippen MR) is 94.4 cm³/mol. The van der Waals surface area contributed by atoms with Gasteiger partial charge in [-0.1, -0.05) is 41.5 Å². The number of hydrogen-bond acceptors (Lipinski definition) is 3. The van der Waals surface area contributed by atoms with Gasteiger partial charge < -0.3 is 9.47 Å². The molecule has 0 radical (unpaired) electrons. The van der Waals surface area contributed by atoms with Gasteiger partial charge in [0.1, 0.15) is 0 Å². The number of hydrogen-bond donors (Lipinski definition) is 0. The summed E-state index contributed by atoms with van der Waals surface area (Å²) in [6, 6.07) is 2.16. The highest BCUT2D eigenvalue weighted by molar-refractivity contribution is 7.17. The molecule has 3 heteroatoms. The van der Waals surface area contributed by atoms with E-state index in [2.05, 4.69) is 59.9 Å². The molecule has 120 valence electrons. The Labute approximate surface area is 137 Å². The van der Waals surface area contributed by atoms with E-state index in [0.29, 0.717) is 0 Å². The fraction of sp³-hybridized carbons (Fsp3) is 0.579. The molecule has 0 N–H and O–H groups in total. The van der Waals surface area contributed by atoms with Crippen LogP contribution in [-0.4, -0.2) is 5.79 Å². The summed E-state index contributed by atoms with van der Waals surface area (Å²) in [5, 5.41) is 3.33. The topological polar surface area (TPSA) is 18.5 Å². The van der Waals surface area contributed by atoms with Crippen LogP contribution < -0.4 is 9.47 Å². The molecule has 1 aromatic carbocycles. The van der Waals surface area contributed by atoms with Gasteiger partial charge in [-0.15, -0.1) is 11.3 Å². The maximum Gasteiger partial charge on any atom is 0.253 e. The summed E-state index contributed by atoms with van der Waals surface area (Å²) < 4.78 is 14.1. The average Bonchev–Trinajstić information content (AvgIpc) is 2.90. The lowest BCUT2D eigenvalue weighted by Gasteiger charge is -2.36. The van der Waals surface area contributed by atoms with Crippen LogP contribution >= 0.6 is 11.3 Å². The number of fused-ring (bicyclic) bond motifs is 3. The molecule has 22 heavy (non-hydrogen) atoms. The molecule has 3 rings (SSSR count). The molecule has 1 unspecified atom stereocenters. The quantitative estimate of drug-likeness (QED) is 0.589. The molecule has 1 atom stereocenters. The first-order chi connectivity index (χ1) is 9.96. The summed E-state index contributed by atoms with van der Waals surface area (Å²) in [5.41, 5.74) is 2.55. The van der Waals surface area contributed by atoms with E-state index in [1.54, 1.807) is 11.3 Å². The van der Waals surface area contributed by atoms with Crippen molar-refractivity contribution < 1.29 is 9.47 Å². The molecule has 0 bridgehead atoms. The lowest BCUT2D eigenvalue weighted by atomic mass is 9.83. The van der Waals surface area contributed by atoms with Crippen LogP contribution in [0.15, 0.2) is 11.4 Å². The largest absolute Gasteiger partial charge is 0.448 e. The van der Waals surface area contributed by atoms with Crippen molar-refractivity contribution in [2.24, 2.45) is 5.41 Å². The summed E-state index contributed by atoms with van der Waals surface area (Å²) in [7, 11) is 0. The van der Waals surface area contributed by atoms with Gasteiger partial charge in [0.15, 0.2) is 11.5 Å². The monoisotopic (exact) mass is 318 g/mol. The minimum Gasteiger partial charge on any atom is -0.448 e. The van der Waals surface area contributed by atoms with Gasteiger partial charge in [0, 0.05) is 28.0 Å². The second-order valence-electron chi connectivity index (χ2n) is 8.47. The van der Waals surface area contributed by atoms with E-state index in [1.165, 1.54) is 21.2 Å². The van der Waals surface area contributed by atoms with Crippen LogP contribution in [0.25, 0.3) is 10.1 Å². The second-order valence-corrected chi connectivity index (χ2v) is 9.39. The smallest absolute Gasteiger partial charge is 0.253 e. The van der Waals surface area contributed by atoms with Crippen LogP contribution in [0.5, 0.6) is 11.5 Å². The van der Waals surface area contributed by atoms with Gasteiger partial charge in [-0.2, -0.15) is 0 Å². The fourth-order valence-electron chi connectivity index (χ4n) is 3.10. The van der Waals surface area contributed by atoms with Crippen LogP contribution in [-0.2, 0) is 5.41 Å². The van der Waals surface area contributed by atoms with Gasteiger partial charge in [0.2, 0.25) is 0 Å². The minimum absolute atomic E-state index is 0.0757. The molecule has 2 nitrogen and oxygen atoms in total. The molecule has 1 aromatic heterocycles. The maximum absolute atomic E-state index is 6.39. The van der Waals surface area contributed by atoms with Crippen LogP contribution in [0.1, 0.15) is 59.6 Å². The molecule has 1 aliphatic heterocycles. The zero-order valence-electron chi connectivity index (χ0n) is 14.9. The Morgan fingerprint density at radius 1 is 1.00 bits per heavy atom. The first-order valence-electron chi connectivity index (χ1n) is 7.88. The minimum atomic E-state index is -0.633. The maximum atomic E-state index is 6.39. The van der Waals surface area contributed by atoms with E-state index in [1.807, 2.05) is 6.92 Å². The fourth-order valence-corrected chi connectivity index (χ4v) is 4.31.